The first kappa shape index (κ1) is 19.5. The summed E-state index contributed by atoms with van der Waals surface area (Å²) in [5.74, 6) is 0.102. The van der Waals surface area contributed by atoms with Crippen LogP contribution in [0.15, 0.2) is 108 Å². The summed E-state index contributed by atoms with van der Waals surface area (Å²) in [6, 6.07) is 33.3. The third kappa shape index (κ3) is 4.23. The molecule has 4 aromatic rings. The van der Waals surface area contributed by atoms with Crippen molar-refractivity contribution in [3.05, 3.63) is 141 Å². The van der Waals surface area contributed by atoms with Gasteiger partial charge in [-0.25, -0.2) is 0 Å². The number of fused-ring (bicyclic) bond motifs is 1. The maximum absolute atomic E-state index is 12.6. The Hall–Kier alpha value is -3.43. The van der Waals surface area contributed by atoms with Gasteiger partial charge in [-0.05, 0) is 27.8 Å². The zero-order chi connectivity index (χ0) is 21.0. The fourth-order valence-electron chi connectivity index (χ4n) is 4.57. The Kier molecular flexibility index (Phi) is 5.51. The second kappa shape index (κ2) is 8.75. The van der Waals surface area contributed by atoms with Crippen LogP contribution in [0.5, 0.6) is 0 Å². The average Bonchev–Trinajstić information content (AvgIpc) is 3.24. The van der Waals surface area contributed by atoms with Crippen molar-refractivity contribution in [1.29, 1.82) is 0 Å². The largest absolute Gasteiger partial charge is 0.314 e. The molecule has 0 aliphatic carbocycles. The molecule has 2 heterocycles. The SMILES string of the molecule is O=c1ccc(C(c2ccccc2)c2ccccc2)cn1CCN1Cc2ccccc2C1. The lowest BCUT2D eigenvalue weighted by atomic mass is 9.86. The molecule has 0 saturated heterocycles. The van der Waals surface area contributed by atoms with Crippen LogP contribution in [0.1, 0.15) is 33.7 Å². The maximum Gasteiger partial charge on any atom is 0.250 e. The van der Waals surface area contributed by atoms with Gasteiger partial charge in [-0.3, -0.25) is 9.69 Å². The van der Waals surface area contributed by atoms with Crippen LogP contribution in [0.3, 0.4) is 0 Å². The molecule has 31 heavy (non-hydrogen) atoms. The van der Waals surface area contributed by atoms with Crippen molar-refractivity contribution in [2.75, 3.05) is 6.54 Å². The molecular formula is C28H26N2O. The summed E-state index contributed by atoms with van der Waals surface area (Å²) in [6.45, 7) is 3.47. The molecule has 0 N–H and O–H groups in total. The number of rotatable bonds is 6. The molecule has 3 heteroatoms. The van der Waals surface area contributed by atoms with Crippen molar-refractivity contribution in [2.24, 2.45) is 0 Å². The molecule has 0 bridgehead atoms. The van der Waals surface area contributed by atoms with Crippen molar-refractivity contribution >= 4 is 0 Å². The van der Waals surface area contributed by atoms with E-state index < -0.39 is 0 Å². The van der Waals surface area contributed by atoms with Crippen molar-refractivity contribution in [3.8, 4) is 0 Å². The maximum atomic E-state index is 12.6. The third-order valence-corrected chi connectivity index (χ3v) is 6.17. The van der Waals surface area contributed by atoms with Gasteiger partial charge in [0.05, 0.1) is 0 Å². The van der Waals surface area contributed by atoms with Gasteiger partial charge in [0, 0.05) is 44.4 Å². The van der Waals surface area contributed by atoms with E-state index in [2.05, 4.69) is 83.9 Å². The van der Waals surface area contributed by atoms with Gasteiger partial charge >= 0.3 is 0 Å². The summed E-state index contributed by atoms with van der Waals surface area (Å²) in [7, 11) is 0. The quantitative estimate of drug-likeness (QED) is 0.448. The molecule has 154 valence electrons. The molecular weight excluding hydrogens is 380 g/mol. The molecule has 3 nitrogen and oxygen atoms in total. The highest BCUT2D eigenvalue weighted by molar-refractivity contribution is 5.42. The van der Waals surface area contributed by atoms with Crippen LogP contribution < -0.4 is 5.56 Å². The number of nitrogens with zero attached hydrogens (tertiary/aromatic N) is 2. The van der Waals surface area contributed by atoms with Crippen LogP contribution in [0.25, 0.3) is 0 Å². The smallest absolute Gasteiger partial charge is 0.250 e. The second-order valence-corrected chi connectivity index (χ2v) is 8.23. The lowest BCUT2D eigenvalue weighted by Crippen LogP contribution is -2.28. The summed E-state index contributed by atoms with van der Waals surface area (Å²) in [4.78, 5) is 15.0. The van der Waals surface area contributed by atoms with Crippen LogP contribution in [0.4, 0.5) is 0 Å². The minimum atomic E-state index is 0.0559. The van der Waals surface area contributed by atoms with Crippen molar-refractivity contribution < 1.29 is 0 Å². The Morgan fingerprint density at radius 3 is 1.74 bits per heavy atom. The van der Waals surface area contributed by atoms with Crippen LogP contribution in [0.2, 0.25) is 0 Å². The highest BCUT2D eigenvalue weighted by atomic mass is 16.1. The zero-order valence-electron chi connectivity index (χ0n) is 17.5. The molecule has 0 radical (unpaired) electrons. The molecule has 5 rings (SSSR count). The molecule has 1 aliphatic rings. The van der Waals surface area contributed by atoms with Gasteiger partial charge < -0.3 is 4.57 Å². The number of hydrogen-bond donors (Lipinski definition) is 0. The summed E-state index contributed by atoms with van der Waals surface area (Å²) >= 11 is 0. The molecule has 0 spiro atoms. The summed E-state index contributed by atoms with van der Waals surface area (Å²) in [5.41, 5.74) is 6.46. The summed E-state index contributed by atoms with van der Waals surface area (Å²) < 4.78 is 1.87. The predicted molar refractivity (Wildman–Crippen MR) is 125 cm³/mol. The standard InChI is InChI=1S/C28H26N2O/c31-27-16-15-26(28(22-9-3-1-4-10-22)23-11-5-2-6-12-23)21-30(27)18-17-29-19-24-13-7-8-14-25(24)20-29/h1-16,21,28H,17-20H2. The van der Waals surface area contributed by atoms with E-state index in [4.69, 9.17) is 0 Å². The molecule has 0 fully saturated rings. The highest BCUT2D eigenvalue weighted by Gasteiger charge is 2.19. The topological polar surface area (TPSA) is 25.2 Å². The van der Waals surface area contributed by atoms with E-state index in [-0.39, 0.29) is 11.5 Å². The number of benzene rings is 3. The molecule has 1 aliphatic heterocycles. The Morgan fingerprint density at radius 2 is 1.16 bits per heavy atom. The van der Waals surface area contributed by atoms with Crippen LogP contribution in [-0.2, 0) is 19.6 Å². The van der Waals surface area contributed by atoms with E-state index in [0.717, 1.165) is 25.2 Å². The molecule has 0 unspecified atom stereocenters. The van der Waals surface area contributed by atoms with E-state index in [0.29, 0.717) is 6.54 Å². The van der Waals surface area contributed by atoms with Crippen LogP contribution >= 0.6 is 0 Å². The number of aromatic nitrogens is 1. The first-order valence-electron chi connectivity index (χ1n) is 10.9. The molecule has 0 saturated carbocycles. The normalized spacial score (nSPS) is 13.5. The minimum Gasteiger partial charge on any atom is -0.314 e. The van der Waals surface area contributed by atoms with Crippen molar-refractivity contribution in [1.82, 2.24) is 9.47 Å². The Morgan fingerprint density at radius 1 is 0.613 bits per heavy atom. The zero-order valence-corrected chi connectivity index (χ0v) is 17.5. The van der Waals surface area contributed by atoms with Gasteiger partial charge in [-0.1, -0.05) is 91.0 Å². The molecule has 0 atom stereocenters. The number of hydrogen-bond acceptors (Lipinski definition) is 2. The van der Waals surface area contributed by atoms with E-state index in [9.17, 15) is 4.79 Å². The lowest BCUT2D eigenvalue weighted by Gasteiger charge is -2.21. The van der Waals surface area contributed by atoms with Crippen LogP contribution in [-0.4, -0.2) is 16.0 Å². The van der Waals surface area contributed by atoms with E-state index in [1.807, 2.05) is 22.8 Å². The van der Waals surface area contributed by atoms with Gasteiger partial charge in [-0.15, -0.1) is 0 Å². The number of pyridine rings is 1. The second-order valence-electron chi connectivity index (χ2n) is 8.23. The lowest BCUT2D eigenvalue weighted by molar-refractivity contribution is 0.270. The summed E-state index contributed by atoms with van der Waals surface area (Å²) in [5, 5.41) is 0. The van der Waals surface area contributed by atoms with Crippen molar-refractivity contribution in [2.45, 2.75) is 25.6 Å². The first-order valence-corrected chi connectivity index (χ1v) is 10.9. The summed E-state index contributed by atoms with van der Waals surface area (Å²) in [6.07, 6.45) is 2.05. The predicted octanol–water partition coefficient (Wildman–Crippen LogP) is 5.04. The minimum absolute atomic E-state index is 0.0559. The molecule has 3 aromatic carbocycles. The van der Waals surface area contributed by atoms with Gasteiger partial charge in [-0.2, -0.15) is 0 Å². The van der Waals surface area contributed by atoms with Gasteiger partial charge in [0.15, 0.2) is 0 Å². The molecule has 1 aromatic heterocycles. The first-order chi connectivity index (χ1) is 15.3. The highest BCUT2D eigenvalue weighted by Crippen LogP contribution is 2.31. The monoisotopic (exact) mass is 406 g/mol. The van der Waals surface area contributed by atoms with E-state index in [1.165, 1.54) is 22.3 Å². The van der Waals surface area contributed by atoms with Crippen LogP contribution in [0, 0.1) is 0 Å². The Balaban J connectivity index is 1.41. The third-order valence-electron chi connectivity index (χ3n) is 6.17. The fraction of sp³-hybridized carbons (Fsp3) is 0.179. The fourth-order valence-corrected chi connectivity index (χ4v) is 4.57. The average molecular weight is 407 g/mol. The van der Waals surface area contributed by atoms with Crippen molar-refractivity contribution in [3.63, 3.8) is 0 Å². The Labute approximate surface area is 183 Å². The molecule has 0 amide bonds. The van der Waals surface area contributed by atoms with Gasteiger partial charge in [0.25, 0.3) is 5.56 Å². The van der Waals surface area contributed by atoms with E-state index in [1.54, 1.807) is 6.07 Å². The Bertz CT molecular complexity index is 1150. The van der Waals surface area contributed by atoms with E-state index >= 15 is 0 Å². The van der Waals surface area contributed by atoms with Gasteiger partial charge in [0.2, 0.25) is 0 Å². The van der Waals surface area contributed by atoms with Gasteiger partial charge in [0.1, 0.15) is 0 Å².